The van der Waals surface area contributed by atoms with Crippen LogP contribution in [0.2, 0.25) is 0 Å². The first kappa shape index (κ1) is 30.6. The fourth-order valence-corrected chi connectivity index (χ4v) is 7.57. The first-order valence-corrected chi connectivity index (χ1v) is 13.4. The maximum absolute atomic E-state index is 12.9. The summed E-state index contributed by atoms with van der Waals surface area (Å²) in [6.45, 7) is 5.90. The molecule has 11 nitrogen and oxygen atoms in total. The Bertz CT molecular complexity index is 1180. The van der Waals surface area contributed by atoms with E-state index in [1.165, 1.54) is 39.8 Å². The molecule has 40 heavy (non-hydrogen) atoms. The Hall–Kier alpha value is -2.38. The van der Waals surface area contributed by atoms with E-state index >= 15 is 0 Å². The fraction of sp³-hybridized carbons (Fsp3) is 0.655. The van der Waals surface area contributed by atoms with Crippen molar-refractivity contribution in [1.29, 1.82) is 0 Å². The van der Waals surface area contributed by atoms with E-state index in [4.69, 9.17) is 9.47 Å². The van der Waals surface area contributed by atoms with Crippen LogP contribution < -0.4 is 0 Å². The molecule has 10 unspecified atom stereocenters. The molecule has 2 saturated carbocycles. The van der Waals surface area contributed by atoms with E-state index in [2.05, 4.69) is 0 Å². The van der Waals surface area contributed by atoms with E-state index in [9.17, 15) is 45.3 Å². The predicted molar refractivity (Wildman–Crippen MR) is 140 cm³/mol. The second-order valence-corrected chi connectivity index (χ2v) is 12.3. The molecule has 3 aliphatic carbocycles. The van der Waals surface area contributed by atoms with Crippen molar-refractivity contribution < 1.29 is 54.8 Å². The molecule has 0 amide bonds. The van der Waals surface area contributed by atoms with Gasteiger partial charge in [-0.25, -0.2) is 4.79 Å². The fourth-order valence-electron chi connectivity index (χ4n) is 7.57. The molecule has 11 heteroatoms. The maximum Gasteiger partial charge on any atom is 0.338 e. The zero-order valence-electron chi connectivity index (χ0n) is 23.3. The lowest BCUT2D eigenvalue weighted by atomic mass is 9.51. The van der Waals surface area contributed by atoms with E-state index in [1.54, 1.807) is 18.2 Å². The van der Waals surface area contributed by atoms with E-state index in [0.29, 0.717) is 0 Å². The number of aliphatic hydroxyl groups excluding tert-OH is 5. The Balaban J connectivity index is 1.94. The molecule has 4 rings (SSSR count). The molecule has 1 aromatic carbocycles. The summed E-state index contributed by atoms with van der Waals surface area (Å²) in [5.41, 5.74) is -7.55. The number of hydrogen-bond donors (Lipinski definition) is 7. The van der Waals surface area contributed by atoms with Gasteiger partial charge >= 0.3 is 11.9 Å². The Labute approximate surface area is 232 Å². The number of benzene rings is 1. The molecule has 3 aliphatic rings. The second-order valence-electron chi connectivity index (χ2n) is 12.3. The van der Waals surface area contributed by atoms with Crippen LogP contribution in [0.1, 0.15) is 57.8 Å². The average Bonchev–Trinajstić information content (AvgIpc) is 3.13. The van der Waals surface area contributed by atoms with Crippen molar-refractivity contribution in [2.45, 2.75) is 95.3 Å². The molecule has 0 heterocycles. The van der Waals surface area contributed by atoms with Crippen LogP contribution in [0.15, 0.2) is 41.5 Å². The van der Waals surface area contributed by atoms with Crippen LogP contribution in [-0.2, 0) is 14.3 Å². The number of fused-ring (bicyclic) bond motifs is 2. The van der Waals surface area contributed by atoms with Crippen LogP contribution >= 0.6 is 0 Å². The third-order valence-corrected chi connectivity index (χ3v) is 9.74. The van der Waals surface area contributed by atoms with Crippen molar-refractivity contribution in [2.75, 3.05) is 6.61 Å². The van der Waals surface area contributed by atoms with E-state index in [1.807, 2.05) is 0 Å². The summed E-state index contributed by atoms with van der Waals surface area (Å²) in [6.07, 6.45) is -10.4. The zero-order valence-corrected chi connectivity index (χ0v) is 23.3. The maximum atomic E-state index is 12.9. The molecule has 0 spiro atoms. The number of carbonyl (C=O) groups is 2. The van der Waals surface area contributed by atoms with Gasteiger partial charge in [0.05, 0.1) is 41.0 Å². The van der Waals surface area contributed by atoms with Gasteiger partial charge in [-0.1, -0.05) is 25.1 Å². The minimum atomic E-state index is -2.42. The molecule has 222 valence electrons. The van der Waals surface area contributed by atoms with Crippen molar-refractivity contribution in [3.8, 4) is 0 Å². The van der Waals surface area contributed by atoms with Crippen LogP contribution in [0.25, 0.3) is 0 Å². The van der Waals surface area contributed by atoms with Crippen molar-refractivity contribution in [1.82, 2.24) is 0 Å². The van der Waals surface area contributed by atoms with Gasteiger partial charge in [-0.05, 0) is 50.5 Å². The lowest BCUT2D eigenvalue weighted by Gasteiger charge is -2.59. The summed E-state index contributed by atoms with van der Waals surface area (Å²) >= 11 is 0. The van der Waals surface area contributed by atoms with Crippen LogP contribution in [0.5, 0.6) is 0 Å². The van der Waals surface area contributed by atoms with E-state index in [-0.39, 0.29) is 23.1 Å². The molecule has 0 saturated heterocycles. The summed E-state index contributed by atoms with van der Waals surface area (Å²) in [5, 5.41) is 81.7. The van der Waals surface area contributed by atoms with E-state index < -0.39 is 89.5 Å². The minimum absolute atomic E-state index is 0.00277. The number of carbonyl (C=O) groups excluding carboxylic acids is 2. The number of ether oxygens (including phenoxy) is 2. The summed E-state index contributed by atoms with van der Waals surface area (Å²) in [6, 6.07) is 7.91. The van der Waals surface area contributed by atoms with Gasteiger partial charge in [0.1, 0.15) is 24.4 Å². The number of esters is 2. The minimum Gasteiger partial charge on any atom is -0.459 e. The molecule has 2 fully saturated rings. The quantitative estimate of drug-likeness (QED) is 0.185. The van der Waals surface area contributed by atoms with Crippen molar-refractivity contribution in [3.05, 3.63) is 47.0 Å². The van der Waals surface area contributed by atoms with Crippen molar-refractivity contribution in [2.24, 2.45) is 16.7 Å². The standard InChI is InChI=1S/C29H40O11/c1-14-17(31)12-28(26(3,4)37)20(14)21(33)23(34)27(5)18(32)11-19(40-15(2)30)29(38,22(27)24(28)35)13-39-25(36)16-9-7-6-8-10-16/h6-10,17-19,21-24,31-35,37-38H,11-13H2,1-5H3. The average molecular weight is 565 g/mol. The Morgan fingerprint density at radius 3 is 2.20 bits per heavy atom. The van der Waals surface area contributed by atoms with Gasteiger partial charge < -0.3 is 45.2 Å². The highest BCUT2D eigenvalue weighted by Crippen LogP contribution is 2.64. The highest BCUT2D eigenvalue weighted by atomic mass is 16.6. The normalized spacial score (nSPS) is 41.5. The first-order valence-electron chi connectivity index (χ1n) is 13.4. The number of aliphatic hydroxyl groups is 7. The third-order valence-electron chi connectivity index (χ3n) is 9.74. The van der Waals surface area contributed by atoms with Gasteiger partial charge in [0, 0.05) is 24.7 Å². The molecule has 0 bridgehead atoms. The third kappa shape index (κ3) is 4.30. The monoisotopic (exact) mass is 564 g/mol. The highest BCUT2D eigenvalue weighted by Gasteiger charge is 2.74. The first-order chi connectivity index (χ1) is 18.4. The largest absolute Gasteiger partial charge is 0.459 e. The molecule has 1 aromatic rings. The Morgan fingerprint density at radius 1 is 1.05 bits per heavy atom. The SMILES string of the molecule is CC(=O)OC1CC(O)C2(C)C(O)C(O)C3=C(C)C(O)CC3(C(C)(C)O)C(O)C2C1(O)COC(=O)c1ccccc1. The summed E-state index contributed by atoms with van der Waals surface area (Å²) in [5.74, 6) is -3.29. The van der Waals surface area contributed by atoms with E-state index in [0.717, 1.165) is 6.92 Å². The summed E-state index contributed by atoms with van der Waals surface area (Å²) in [7, 11) is 0. The predicted octanol–water partition coefficient (Wildman–Crippen LogP) is -0.172. The Morgan fingerprint density at radius 2 is 1.65 bits per heavy atom. The van der Waals surface area contributed by atoms with Crippen LogP contribution in [0.4, 0.5) is 0 Å². The lowest BCUT2D eigenvalue weighted by Crippen LogP contribution is -2.73. The number of hydrogen-bond acceptors (Lipinski definition) is 11. The lowest BCUT2D eigenvalue weighted by molar-refractivity contribution is -0.287. The van der Waals surface area contributed by atoms with Gasteiger partial charge in [-0.3, -0.25) is 4.79 Å². The summed E-state index contributed by atoms with van der Waals surface area (Å²) in [4.78, 5) is 25.0. The smallest absolute Gasteiger partial charge is 0.338 e. The van der Waals surface area contributed by atoms with Gasteiger partial charge in [0.2, 0.25) is 0 Å². The van der Waals surface area contributed by atoms with Crippen LogP contribution in [0.3, 0.4) is 0 Å². The topological polar surface area (TPSA) is 194 Å². The molecule has 10 atom stereocenters. The Kier molecular flexibility index (Phi) is 7.77. The van der Waals surface area contributed by atoms with Crippen LogP contribution in [0, 0.1) is 16.7 Å². The van der Waals surface area contributed by atoms with Crippen molar-refractivity contribution in [3.63, 3.8) is 0 Å². The second kappa shape index (κ2) is 10.2. The van der Waals surface area contributed by atoms with Crippen molar-refractivity contribution >= 4 is 11.9 Å². The molecule has 0 aromatic heterocycles. The molecule has 7 N–H and O–H groups in total. The highest BCUT2D eigenvalue weighted by molar-refractivity contribution is 5.89. The van der Waals surface area contributed by atoms with Gasteiger partial charge in [0.25, 0.3) is 0 Å². The van der Waals surface area contributed by atoms with Gasteiger partial charge in [-0.15, -0.1) is 0 Å². The number of rotatable bonds is 5. The molecule has 0 aliphatic heterocycles. The molecular formula is C29H40O11. The summed E-state index contributed by atoms with van der Waals surface area (Å²) < 4.78 is 10.9. The zero-order chi connectivity index (χ0) is 30.0. The molecule has 0 radical (unpaired) electrons. The van der Waals surface area contributed by atoms with Gasteiger partial charge in [-0.2, -0.15) is 0 Å². The van der Waals surface area contributed by atoms with Crippen LogP contribution in [-0.4, -0.2) is 102 Å². The van der Waals surface area contributed by atoms with Gasteiger partial charge in [0.15, 0.2) is 0 Å². The molecular weight excluding hydrogens is 524 g/mol.